The predicted molar refractivity (Wildman–Crippen MR) is 51.7 cm³/mol. The van der Waals surface area contributed by atoms with Gasteiger partial charge in [0.2, 0.25) is 5.71 Å². The molecule has 0 radical (unpaired) electrons. The van der Waals surface area contributed by atoms with Crippen LogP contribution in [-0.2, 0) is 7.05 Å². The average molecular weight is 243 g/mol. The topological polar surface area (TPSA) is 48.0 Å². The van der Waals surface area contributed by atoms with E-state index in [1.165, 1.54) is 4.57 Å². The van der Waals surface area contributed by atoms with Crippen LogP contribution in [0, 0.1) is 6.92 Å². The van der Waals surface area contributed by atoms with Gasteiger partial charge in [-0.3, -0.25) is 4.57 Å². The van der Waals surface area contributed by atoms with E-state index in [1.807, 2.05) is 13.0 Å². The summed E-state index contributed by atoms with van der Waals surface area (Å²) >= 11 is 3.34. The van der Waals surface area contributed by atoms with E-state index in [9.17, 15) is 4.79 Å². The van der Waals surface area contributed by atoms with E-state index in [1.54, 1.807) is 7.05 Å². The van der Waals surface area contributed by atoms with E-state index < -0.39 is 0 Å². The zero-order valence-corrected chi connectivity index (χ0v) is 8.75. The summed E-state index contributed by atoms with van der Waals surface area (Å²) in [5.41, 5.74) is 1.89. The van der Waals surface area contributed by atoms with Crippen molar-refractivity contribution in [1.82, 2.24) is 9.55 Å². The van der Waals surface area contributed by atoms with Gasteiger partial charge in [-0.05, 0) is 28.9 Å². The number of hydrogen-bond acceptors (Lipinski definition) is 3. The Morgan fingerprint density at radius 2 is 2.31 bits per heavy atom. The molecule has 0 saturated carbocycles. The molecule has 5 heteroatoms. The molecule has 68 valence electrons. The molecule has 13 heavy (non-hydrogen) atoms. The van der Waals surface area contributed by atoms with Gasteiger partial charge in [0.25, 0.3) is 0 Å². The molecule has 0 aromatic carbocycles. The first-order valence-corrected chi connectivity index (χ1v) is 4.51. The van der Waals surface area contributed by atoms with E-state index >= 15 is 0 Å². The molecule has 0 atom stereocenters. The molecule has 0 fully saturated rings. The lowest BCUT2D eigenvalue weighted by atomic mass is 10.3. The standard InChI is InChI=1S/C8H7BrN2O2/c1-4-5(9)3-6-7(10-4)13-8(12)11(6)2/h3H,1-2H3. The van der Waals surface area contributed by atoms with Crippen LogP contribution in [0.4, 0.5) is 0 Å². The van der Waals surface area contributed by atoms with Gasteiger partial charge < -0.3 is 4.42 Å². The number of hydrogen-bond donors (Lipinski definition) is 0. The lowest BCUT2D eigenvalue weighted by Gasteiger charge is -1.95. The zero-order chi connectivity index (χ0) is 9.59. The maximum Gasteiger partial charge on any atom is 0.421 e. The average Bonchev–Trinajstić information content (AvgIpc) is 2.32. The largest absolute Gasteiger partial charge is 0.421 e. The minimum Gasteiger partial charge on any atom is -0.389 e. The lowest BCUT2D eigenvalue weighted by Crippen LogP contribution is -2.08. The first kappa shape index (κ1) is 8.50. The highest BCUT2D eigenvalue weighted by molar-refractivity contribution is 9.10. The Morgan fingerprint density at radius 3 is 3.00 bits per heavy atom. The highest BCUT2D eigenvalue weighted by Crippen LogP contribution is 2.19. The molecule has 2 heterocycles. The number of pyridine rings is 1. The van der Waals surface area contributed by atoms with E-state index in [-0.39, 0.29) is 5.76 Å². The van der Waals surface area contributed by atoms with E-state index in [0.717, 1.165) is 10.2 Å². The molecule has 0 aliphatic heterocycles. The van der Waals surface area contributed by atoms with Crippen molar-refractivity contribution >= 4 is 27.2 Å². The summed E-state index contributed by atoms with van der Waals surface area (Å²) in [6.07, 6.45) is 0. The summed E-state index contributed by atoms with van der Waals surface area (Å²) in [6.45, 7) is 1.84. The Labute approximate surface area is 82.3 Å². The van der Waals surface area contributed by atoms with Crippen LogP contribution in [0.1, 0.15) is 5.69 Å². The number of fused-ring (bicyclic) bond motifs is 1. The van der Waals surface area contributed by atoms with Gasteiger partial charge in [-0.1, -0.05) is 0 Å². The molecule has 0 bridgehead atoms. The van der Waals surface area contributed by atoms with Crippen molar-refractivity contribution in [2.75, 3.05) is 0 Å². The van der Waals surface area contributed by atoms with Crippen molar-refractivity contribution in [1.29, 1.82) is 0 Å². The molecular weight excluding hydrogens is 236 g/mol. The van der Waals surface area contributed by atoms with Crippen molar-refractivity contribution in [3.63, 3.8) is 0 Å². The van der Waals surface area contributed by atoms with E-state index in [2.05, 4.69) is 20.9 Å². The summed E-state index contributed by atoms with van der Waals surface area (Å²) in [6, 6.07) is 1.82. The molecule has 2 aromatic heterocycles. The van der Waals surface area contributed by atoms with Crippen LogP contribution < -0.4 is 5.76 Å². The minimum absolute atomic E-state index is 0.383. The smallest absolute Gasteiger partial charge is 0.389 e. The molecule has 0 amide bonds. The Hall–Kier alpha value is -1.10. The Morgan fingerprint density at radius 1 is 1.62 bits per heavy atom. The van der Waals surface area contributed by atoms with Gasteiger partial charge in [-0.15, -0.1) is 0 Å². The summed E-state index contributed by atoms with van der Waals surface area (Å²) < 4.78 is 7.20. The Bertz CT molecular complexity index is 527. The van der Waals surface area contributed by atoms with Gasteiger partial charge >= 0.3 is 5.76 Å². The number of nitrogens with zero attached hydrogens (tertiary/aromatic N) is 2. The van der Waals surface area contributed by atoms with Crippen molar-refractivity contribution in [3.05, 3.63) is 26.8 Å². The summed E-state index contributed by atoms with van der Waals surface area (Å²) in [5, 5.41) is 0. The van der Waals surface area contributed by atoms with Crippen LogP contribution in [0.3, 0.4) is 0 Å². The number of aryl methyl sites for hydroxylation is 2. The second-order valence-electron chi connectivity index (χ2n) is 2.81. The fourth-order valence-corrected chi connectivity index (χ4v) is 1.42. The van der Waals surface area contributed by atoms with Crippen molar-refractivity contribution < 1.29 is 4.42 Å². The van der Waals surface area contributed by atoms with Crippen LogP contribution in [-0.4, -0.2) is 9.55 Å². The molecule has 2 aromatic rings. The Kier molecular flexibility index (Phi) is 1.76. The first-order chi connectivity index (χ1) is 6.09. The van der Waals surface area contributed by atoms with E-state index in [0.29, 0.717) is 11.2 Å². The van der Waals surface area contributed by atoms with Gasteiger partial charge in [-0.25, -0.2) is 9.78 Å². The van der Waals surface area contributed by atoms with Gasteiger partial charge in [-0.2, -0.15) is 0 Å². The third-order valence-electron chi connectivity index (χ3n) is 1.92. The Balaban J connectivity index is 2.97. The molecule has 2 rings (SSSR count). The van der Waals surface area contributed by atoms with Crippen molar-refractivity contribution in [2.24, 2.45) is 7.05 Å². The molecule has 4 nitrogen and oxygen atoms in total. The van der Waals surface area contributed by atoms with Crippen LogP contribution >= 0.6 is 15.9 Å². The summed E-state index contributed by atoms with van der Waals surface area (Å²) in [7, 11) is 1.65. The molecular formula is C8H7BrN2O2. The molecule has 0 saturated heterocycles. The third kappa shape index (κ3) is 1.19. The minimum atomic E-state index is -0.389. The third-order valence-corrected chi connectivity index (χ3v) is 2.72. The molecule has 0 aliphatic rings. The van der Waals surface area contributed by atoms with Crippen LogP contribution in [0.15, 0.2) is 19.8 Å². The zero-order valence-electron chi connectivity index (χ0n) is 7.17. The fourth-order valence-electron chi connectivity index (χ4n) is 1.11. The van der Waals surface area contributed by atoms with Crippen LogP contribution in [0.5, 0.6) is 0 Å². The van der Waals surface area contributed by atoms with Crippen LogP contribution in [0.25, 0.3) is 11.2 Å². The molecule has 0 unspecified atom stereocenters. The van der Waals surface area contributed by atoms with Crippen LogP contribution in [0.2, 0.25) is 0 Å². The number of oxazole rings is 1. The van der Waals surface area contributed by atoms with Gasteiger partial charge in [0.1, 0.15) is 5.52 Å². The fraction of sp³-hybridized carbons (Fsp3) is 0.250. The number of halogens is 1. The second kappa shape index (κ2) is 2.70. The van der Waals surface area contributed by atoms with Gasteiger partial charge in [0, 0.05) is 11.5 Å². The molecule has 0 spiro atoms. The van der Waals surface area contributed by atoms with Gasteiger partial charge in [0.05, 0.1) is 5.69 Å². The van der Waals surface area contributed by atoms with Crippen molar-refractivity contribution in [2.45, 2.75) is 6.92 Å². The summed E-state index contributed by atoms with van der Waals surface area (Å²) in [4.78, 5) is 15.2. The normalized spacial score (nSPS) is 11.0. The van der Waals surface area contributed by atoms with E-state index in [4.69, 9.17) is 4.42 Å². The quantitative estimate of drug-likeness (QED) is 0.706. The highest BCUT2D eigenvalue weighted by atomic mass is 79.9. The second-order valence-corrected chi connectivity index (χ2v) is 3.66. The van der Waals surface area contributed by atoms with Crippen molar-refractivity contribution in [3.8, 4) is 0 Å². The first-order valence-electron chi connectivity index (χ1n) is 3.72. The maximum atomic E-state index is 11.1. The number of aromatic nitrogens is 2. The van der Waals surface area contributed by atoms with Gasteiger partial charge in [0.15, 0.2) is 0 Å². The highest BCUT2D eigenvalue weighted by Gasteiger charge is 2.08. The SMILES string of the molecule is Cc1nc2oc(=O)n(C)c2cc1Br. The predicted octanol–water partition coefficient (Wildman–Crippen LogP) is 1.60. The molecule has 0 aliphatic carbocycles. The summed E-state index contributed by atoms with van der Waals surface area (Å²) in [5.74, 6) is -0.389. The lowest BCUT2D eigenvalue weighted by molar-refractivity contribution is 0.520. The maximum absolute atomic E-state index is 11.1. The molecule has 0 N–H and O–H groups in total. The number of rotatable bonds is 0. The monoisotopic (exact) mass is 242 g/mol.